The van der Waals surface area contributed by atoms with E-state index in [-0.39, 0.29) is 17.3 Å². The smallest absolute Gasteiger partial charge is 0.151 e. The van der Waals surface area contributed by atoms with Gasteiger partial charge in [0.2, 0.25) is 0 Å². The molecule has 7 heteroatoms. The van der Waals surface area contributed by atoms with Gasteiger partial charge in [0.15, 0.2) is 9.84 Å². The Hall–Kier alpha value is -0.820. The van der Waals surface area contributed by atoms with Crippen LogP contribution in [0.4, 0.5) is 0 Å². The number of hydrogen-bond acceptors (Lipinski definition) is 5. The summed E-state index contributed by atoms with van der Waals surface area (Å²) in [5.41, 5.74) is 5.28. The van der Waals surface area contributed by atoms with Gasteiger partial charge in [0.05, 0.1) is 5.75 Å². The predicted octanol–water partition coefficient (Wildman–Crippen LogP) is -0.511. The van der Waals surface area contributed by atoms with Crippen molar-refractivity contribution in [2.75, 3.05) is 31.6 Å². The Morgan fingerprint density at radius 2 is 2.07 bits per heavy atom. The second-order valence-corrected chi connectivity index (χ2v) is 5.85. The van der Waals surface area contributed by atoms with E-state index in [1.54, 1.807) is 14.0 Å². The Morgan fingerprint density at radius 1 is 1.47 bits per heavy atom. The molecule has 0 aromatic rings. The second-order valence-electron chi connectivity index (χ2n) is 3.38. The van der Waals surface area contributed by atoms with E-state index in [2.05, 4.69) is 5.16 Å². The minimum atomic E-state index is -2.91. The van der Waals surface area contributed by atoms with Crippen molar-refractivity contribution >= 4 is 15.7 Å². The first-order valence-corrected chi connectivity index (χ1v) is 6.58. The zero-order valence-electron chi connectivity index (χ0n) is 9.18. The molecule has 0 aromatic carbocycles. The highest BCUT2D eigenvalue weighted by Gasteiger charge is 2.09. The van der Waals surface area contributed by atoms with Crippen LogP contribution < -0.4 is 5.73 Å². The second kappa shape index (κ2) is 6.62. The van der Waals surface area contributed by atoms with Gasteiger partial charge in [0.1, 0.15) is 5.84 Å². The summed E-state index contributed by atoms with van der Waals surface area (Å²) in [4.78, 5) is 1.84. The fraction of sp³-hybridized carbons (Fsp3) is 0.875. The molecule has 0 aliphatic rings. The number of oxime groups is 1. The van der Waals surface area contributed by atoms with Crippen molar-refractivity contribution in [1.29, 1.82) is 0 Å². The fourth-order valence-electron chi connectivity index (χ4n) is 0.906. The van der Waals surface area contributed by atoms with Crippen LogP contribution in [0.2, 0.25) is 0 Å². The molecule has 0 radical (unpaired) electrons. The lowest BCUT2D eigenvalue weighted by atomic mass is 10.4. The molecule has 0 aromatic heterocycles. The monoisotopic (exact) mass is 237 g/mol. The van der Waals surface area contributed by atoms with Crippen molar-refractivity contribution in [3.63, 3.8) is 0 Å². The summed E-state index contributed by atoms with van der Waals surface area (Å²) in [6.45, 7) is 2.68. The summed E-state index contributed by atoms with van der Waals surface area (Å²) < 4.78 is 22.4. The summed E-state index contributed by atoms with van der Waals surface area (Å²) in [6.07, 6.45) is 0.430. The zero-order chi connectivity index (χ0) is 11.9. The average Bonchev–Trinajstić information content (AvgIpc) is 2.23. The van der Waals surface area contributed by atoms with E-state index in [1.807, 2.05) is 4.90 Å². The SMILES string of the molecule is CCS(=O)(=O)CCN(C)CC/C(N)=N/O. The average molecular weight is 237 g/mol. The number of rotatable bonds is 7. The number of hydrogen-bond donors (Lipinski definition) is 2. The van der Waals surface area contributed by atoms with Gasteiger partial charge >= 0.3 is 0 Å². The van der Waals surface area contributed by atoms with Gasteiger partial charge in [0.25, 0.3) is 0 Å². The first-order chi connectivity index (χ1) is 6.91. The van der Waals surface area contributed by atoms with E-state index in [9.17, 15) is 8.42 Å². The third-order valence-corrected chi connectivity index (χ3v) is 3.79. The van der Waals surface area contributed by atoms with Crippen LogP contribution in [0.25, 0.3) is 0 Å². The number of sulfone groups is 1. The van der Waals surface area contributed by atoms with Gasteiger partial charge in [0, 0.05) is 25.3 Å². The van der Waals surface area contributed by atoms with E-state index in [0.29, 0.717) is 19.5 Å². The Labute approximate surface area is 90.7 Å². The minimum Gasteiger partial charge on any atom is -0.409 e. The van der Waals surface area contributed by atoms with Gasteiger partial charge in [-0.1, -0.05) is 12.1 Å². The Kier molecular flexibility index (Phi) is 6.26. The molecule has 0 amide bonds. The molecule has 0 rings (SSSR count). The van der Waals surface area contributed by atoms with Crippen molar-refractivity contribution in [3.8, 4) is 0 Å². The Morgan fingerprint density at radius 3 is 2.53 bits per heavy atom. The molecule has 0 unspecified atom stereocenters. The maximum atomic E-state index is 11.2. The lowest BCUT2D eigenvalue weighted by Crippen LogP contribution is -2.29. The molecule has 0 bridgehead atoms. The minimum absolute atomic E-state index is 0.149. The summed E-state index contributed by atoms with van der Waals surface area (Å²) >= 11 is 0. The molecule has 0 spiro atoms. The Bertz CT molecular complexity index is 300. The van der Waals surface area contributed by atoms with E-state index < -0.39 is 9.84 Å². The standard InChI is InChI=1S/C8H19N3O3S/c1-3-15(13,14)7-6-11(2)5-4-8(9)10-12/h12H,3-7H2,1-2H3,(H2,9,10). The molecule has 0 aliphatic carbocycles. The van der Waals surface area contributed by atoms with Crippen molar-refractivity contribution in [2.45, 2.75) is 13.3 Å². The third-order valence-electron chi connectivity index (χ3n) is 2.10. The normalized spacial score (nSPS) is 13.4. The largest absolute Gasteiger partial charge is 0.409 e. The molecule has 0 fully saturated rings. The van der Waals surface area contributed by atoms with Crippen LogP contribution in [0.1, 0.15) is 13.3 Å². The van der Waals surface area contributed by atoms with Gasteiger partial charge in [-0.25, -0.2) is 8.42 Å². The molecular formula is C8H19N3O3S. The van der Waals surface area contributed by atoms with Crippen LogP contribution in [-0.4, -0.2) is 56.0 Å². The highest BCUT2D eigenvalue weighted by atomic mass is 32.2. The van der Waals surface area contributed by atoms with Crippen LogP contribution in [0, 0.1) is 0 Å². The maximum absolute atomic E-state index is 11.2. The first kappa shape index (κ1) is 14.2. The van der Waals surface area contributed by atoms with Crippen LogP contribution in [0.15, 0.2) is 5.16 Å². The first-order valence-electron chi connectivity index (χ1n) is 4.76. The molecular weight excluding hydrogens is 218 g/mol. The Balaban J connectivity index is 3.81. The molecule has 0 aliphatic heterocycles. The fourth-order valence-corrected chi connectivity index (χ4v) is 1.78. The van der Waals surface area contributed by atoms with Gasteiger partial charge in [-0.15, -0.1) is 0 Å². The van der Waals surface area contributed by atoms with Crippen LogP contribution in [0.5, 0.6) is 0 Å². The molecule has 90 valence electrons. The number of nitrogens with two attached hydrogens (primary N) is 1. The topological polar surface area (TPSA) is 96.0 Å². The zero-order valence-corrected chi connectivity index (χ0v) is 10.00. The number of amidine groups is 1. The molecule has 6 nitrogen and oxygen atoms in total. The lowest BCUT2D eigenvalue weighted by Gasteiger charge is -2.15. The van der Waals surface area contributed by atoms with Crippen molar-refractivity contribution in [2.24, 2.45) is 10.9 Å². The summed E-state index contributed by atoms with van der Waals surface area (Å²) in [6, 6.07) is 0. The molecule has 0 heterocycles. The van der Waals surface area contributed by atoms with Crippen LogP contribution in [-0.2, 0) is 9.84 Å². The van der Waals surface area contributed by atoms with Gasteiger partial charge < -0.3 is 15.8 Å². The molecule has 0 atom stereocenters. The number of nitrogens with zero attached hydrogens (tertiary/aromatic N) is 2. The predicted molar refractivity (Wildman–Crippen MR) is 59.9 cm³/mol. The summed E-state index contributed by atoms with van der Waals surface area (Å²) in [5, 5.41) is 11.1. The van der Waals surface area contributed by atoms with Crippen molar-refractivity contribution in [1.82, 2.24) is 4.90 Å². The summed E-state index contributed by atoms with van der Waals surface area (Å²) in [5.74, 6) is 0.470. The van der Waals surface area contributed by atoms with Gasteiger partial charge in [-0.3, -0.25) is 0 Å². The van der Waals surface area contributed by atoms with Crippen molar-refractivity contribution in [3.05, 3.63) is 0 Å². The van der Waals surface area contributed by atoms with Crippen LogP contribution in [0.3, 0.4) is 0 Å². The van der Waals surface area contributed by atoms with E-state index in [0.717, 1.165) is 0 Å². The molecule has 3 N–H and O–H groups in total. The van der Waals surface area contributed by atoms with Gasteiger partial charge in [-0.05, 0) is 7.05 Å². The molecule has 15 heavy (non-hydrogen) atoms. The highest BCUT2D eigenvalue weighted by Crippen LogP contribution is 1.93. The molecule has 0 saturated heterocycles. The summed E-state index contributed by atoms with van der Waals surface area (Å²) in [7, 11) is -1.11. The van der Waals surface area contributed by atoms with Crippen molar-refractivity contribution < 1.29 is 13.6 Å². The highest BCUT2D eigenvalue weighted by molar-refractivity contribution is 7.91. The van der Waals surface area contributed by atoms with Gasteiger partial charge in [-0.2, -0.15) is 0 Å². The lowest BCUT2D eigenvalue weighted by molar-refractivity contribution is 0.313. The van der Waals surface area contributed by atoms with E-state index in [1.165, 1.54) is 0 Å². The maximum Gasteiger partial charge on any atom is 0.151 e. The van der Waals surface area contributed by atoms with E-state index in [4.69, 9.17) is 10.9 Å². The van der Waals surface area contributed by atoms with E-state index >= 15 is 0 Å². The van der Waals surface area contributed by atoms with Crippen LogP contribution >= 0.6 is 0 Å². The quantitative estimate of drug-likeness (QED) is 0.269. The third kappa shape index (κ3) is 7.15. The molecule has 0 saturated carbocycles.